The third-order valence-corrected chi connectivity index (χ3v) is 6.75. The third-order valence-electron chi connectivity index (χ3n) is 4.62. The first kappa shape index (κ1) is 23.2. The largest absolute Gasteiger partial charge is 0.302 e. The Morgan fingerprint density at radius 2 is 1.97 bits per heavy atom. The van der Waals surface area contributed by atoms with Gasteiger partial charge in [0.2, 0.25) is 5.91 Å². The van der Waals surface area contributed by atoms with Gasteiger partial charge in [-0.15, -0.1) is 28.1 Å². The van der Waals surface area contributed by atoms with Crippen molar-refractivity contribution in [1.82, 2.24) is 24.7 Å². The summed E-state index contributed by atoms with van der Waals surface area (Å²) in [7, 11) is 0. The summed E-state index contributed by atoms with van der Waals surface area (Å²) in [6, 6.07) is 11.5. The van der Waals surface area contributed by atoms with E-state index in [1.807, 2.05) is 41.0 Å². The lowest BCUT2D eigenvalue weighted by Gasteiger charge is -2.07. The molecule has 3 aromatic heterocycles. The minimum absolute atomic E-state index is 0.0842. The summed E-state index contributed by atoms with van der Waals surface area (Å²) >= 11 is 8.90. The summed E-state index contributed by atoms with van der Waals surface area (Å²) in [5.74, 6) is 1.24. The molecule has 0 saturated heterocycles. The van der Waals surface area contributed by atoms with Crippen LogP contribution >= 0.6 is 34.7 Å². The first-order valence-electron chi connectivity index (χ1n) is 10.2. The monoisotopic (exact) mass is 496 g/mol. The van der Waals surface area contributed by atoms with Crippen LogP contribution in [0.1, 0.15) is 16.9 Å². The van der Waals surface area contributed by atoms with Gasteiger partial charge in [-0.2, -0.15) is 0 Å². The summed E-state index contributed by atoms with van der Waals surface area (Å²) < 4.78 is 1.98. The number of allylic oxidation sites excluding steroid dienone is 1. The zero-order chi connectivity index (χ0) is 23.0. The number of halogens is 1. The molecule has 7 nitrogen and oxygen atoms in total. The van der Waals surface area contributed by atoms with Crippen molar-refractivity contribution in [2.24, 2.45) is 0 Å². The number of amides is 1. The van der Waals surface area contributed by atoms with Crippen molar-refractivity contribution in [2.45, 2.75) is 24.5 Å². The Balaban J connectivity index is 1.30. The first-order valence-corrected chi connectivity index (χ1v) is 12.4. The van der Waals surface area contributed by atoms with Gasteiger partial charge >= 0.3 is 0 Å². The van der Waals surface area contributed by atoms with E-state index in [9.17, 15) is 4.79 Å². The fourth-order valence-electron chi connectivity index (χ4n) is 3.07. The highest BCUT2D eigenvalue weighted by molar-refractivity contribution is 7.99. The number of nitrogens with zero attached hydrogens (tertiary/aromatic N) is 5. The van der Waals surface area contributed by atoms with Gasteiger partial charge in [-0.05, 0) is 29.8 Å². The van der Waals surface area contributed by atoms with Crippen LogP contribution in [0.25, 0.3) is 11.4 Å². The van der Waals surface area contributed by atoms with Crippen molar-refractivity contribution >= 4 is 45.7 Å². The maximum Gasteiger partial charge on any atom is 0.226 e. The number of nitrogens with one attached hydrogen (secondary N) is 1. The van der Waals surface area contributed by atoms with Crippen LogP contribution in [-0.4, -0.2) is 36.4 Å². The molecule has 0 bridgehead atoms. The van der Waals surface area contributed by atoms with E-state index in [1.54, 1.807) is 24.7 Å². The van der Waals surface area contributed by atoms with Crippen LogP contribution in [0, 0.1) is 0 Å². The minimum Gasteiger partial charge on any atom is -0.302 e. The number of carbonyl (C=O) groups is 1. The first-order chi connectivity index (χ1) is 16.1. The summed E-state index contributed by atoms with van der Waals surface area (Å²) in [5, 5.41) is 13.6. The van der Waals surface area contributed by atoms with Crippen molar-refractivity contribution in [3.63, 3.8) is 0 Å². The number of aromatic nitrogens is 5. The minimum atomic E-state index is -0.0842. The lowest BCUT2D eigenvalue weighted by atomic mass is 10.1. The molecule has 1 N–H and O–H groups in total. The van der Waals surface area contributed by atoms with E-state index in [0.717, 1.165) is 33.4 Å². The summed E-state index contributed by atoms with van der Waals surface area (Å²) in [4.78, 5) is 21.8. The molecule has 0 aliphatic carbocycles. The van der Waals surface area contributed by atoms with Gasteiger partial charge < -0.3 is 5.32 Å². The molecule has 4 rings (SSSR count). The van der Waals surface area contributed by atoms with E-state index in [4.69, 9.17) is 11.6 Å². The molecule has 0 fully saturated rings. The van der Waals surface area contributed by atoms with Crippen LogP contribution in [0.5, 0.6) is 0 Å². The zero-order valence-corrected chi connectivity index (χ0v) is 20.0. The Hall–Kier alpha value is -3.01. The Kier molecular flexibility index (Phi) is 7.87. The molecular formula is C23H21ClN6OS2. The van der Waals surface area contributed by atoms with Crippen molar-refractivity contribution in [3.05, 3.63) is 83.1 Å². The molecule has 0 aliphatic heterocycles. The maximum absolute atomic E-state index is 12.4. The van der Waals surface area contributed by atoms with E-state index < -0.39 is 0 Å². The number of pyridine rings is 1. The molecule has 0 radical (unpaired) electrons. The van der Waals surface area contributed by atoms with Crippen molar-refractivity contribution in [1.29, 1.82) is 0 Å². The fraction of sp³-hybridized carbons (Fsp3) is 0.174. The van der Waals surface area contributed by atoms with Crippen LogP contribution < -0.4 is 5.32 Å². The van der Waals surface area contributed by atoms with E-state index in [1.165, 1.54) is 23.1 Å². The third kappa shape index (κ3) is 6.28. The van der Waals surface area contributed by atoms with E-state index in [2.05, 4.69) is 32.1 Å². The molecule has 0 spiro atoms. The van der Waals surface area contributed by atoms with Crippen molar-refractivity contribution in [2.75, 3.05) is 11.1 Å². The zero-order valence-electron chi connectivity index (χ0n) is 17.6. The topological polar surface area (TPSA) is 85.6 Å². The molecule has 3 heterocycles. The summed E-state index contributed by atoms with van der Waals surface area (Å²) in [6.07, 6.45) is 8.12. The Labute approximate surface area is 205 Å². The van der Waals surface area contributed by atoms with Gasteiger partial charge in [-0.1, -0.05) is 41.6 Å². The SMILES string of the molecule is C=CCn1c(SCCC(=O)Nc2ncc(Cc3ccc(Cl)cc3)s2)nnc1-c1ccncc1. The molecule has 4 aromatic rings. The van der Waals surface area contributed by atoms with Gasteiger partial charge in [0.25, 0.3) is 0 Å². The highest BCUT2D eigenvalue weighted by Gasteiger charge is 2.14. The van der Waals surface area contributed by atoms with Crippen molar-refractivity contribution in [3.8, 4) is 11.4 Å². The molecule has 10 heteroatoms. The van der Waals surface area contributed by atoms with E-state index >= 15 is 0 Å². The van der Waals surface area contributed by atoms with Crippen LogP contribution in [0.3, 0.4) is 0 Å². The fourth-order valence-corrected chi connectivity index (χ4v) is 4.95. The number of benzene rings is 1. The maximum atomic E-state index is 12.4. The van der Waals surface area contributed by atoms with Crippen LogP contribution in [0.2, 0.25) is 5.02 Å². The number of rotatable bonds is 10. The normalized spacial score (nSPS) is 10.8. The molecule has 1 aromatic carbocycles. The van der Waals surface area contributed by atoms with Crippen LogP contribution in [0.4, 0.5) is 5.13 Å². The molecule has 1 amide bonds. The highest BCUT2D eigenvalue weighted by atomic mass is 35.5. The number of thiazole rings is 1. The molecule has 168 valence electrons. The quantitative estimate of drug-likeness (QED) is 0.235. The number of anilines is 1. The Bertz CT molecular complexity index is 1220. The smallest absolute Gasteiger partial charge is 0.226 e. The summed E-state index contributed by atoms with van der Waals surface area (Å²) in [6.45, 7) is 4.40. The number of hydrogen-bond acceptors (Lipinski definition) is 7. The molecule has 0 saturated carbocycles. The Morgan fingerprint density at radius 1 is 1.18 bits per heavy atom. The number of hydrogen-bond donors (Lipinski definition) is 1. The summed E-state index contributed by atoms with van der Waals surface area (Å²) in [5.41, 5.74) is 2.08. The lowest BCUT2D eigenvalue weighted by Crippen LogP contribution is -2.12. The standard InChI is InChI=1S/C23H21ClN6OS2/c1-2-12-30-21(17-7-10-25-11-8-17)28-29-23(30)32-13-9-20(31)27-22-26-15-19(33-22)14-16-3-5-18(24)6-4-16/h2-8,10-11,15H,1,9,12-14H2,(H,26,27,31). The van der Waals surface area contributed by atoms with Crippen LogP contribution in [0.15, 0.2) is 72.8 Å². The Morgan fingerprint density at radius 3 is 2.73 bits per heavy atom. The van der Waals surface area contributed by atoms with Gasteiger partial charge in [0.05, 0.1) is 0 Å². The van der Waals surface area contributed by atoms with E-state index in [-0.39, 0.29) is 5.91 Å². The average Bonchev–Trinajstić information content (AvgIpc) is 3.43. The molecule has 33 heavy (non-hydrogen) atoms. The van der Waals surface area contributed by atoms with Gasteiger partial charge in [0, 0.05) is 59.2 Å². The second-order valence-electron chi connectivity index (χ2n) is 7.02. The molecule has 0 unspecified atom stereocenters. The lowest BCUT2D eigenvalue weighted by molar-refractivity contribution is -0.115. The number of thioether (sulfide) groups is 1. The molecule has 0 aliphatic rings. The number of carbonyl (C=O) groups excluding carboxylic acids is 1. The second-order valence-corrected chi connectivity index (χ2v) is 9.64. The van der Waals surface area contributed by atoms with Gasteiger partial charge in [-0.3, -0.25) is 14.3 Å². The van der Waals surface area contributed by atoms with Gasteiger partial charge in [-0.25, -0.2) is 4.98 Å². The van der Waals surface area contributed by atoms with Gasteiger partial charge in [0.1, 0.15) is 0 Å². The molecular weight excluding hydrogens is 476 g/mol. The average molecular weight is 497 g/mol. The van der Waals surface area contributed by atoms with E-state index in [0.29, 0.717) is 28.9 Å². The highest BCUT2D eigenvalue weighted by Crippen LogP contribution is 2.25. The van der Waals surface area contributed by atoms with Crippen LogP contribution in [-0.2, 0) is 17.8 Å². The second kappa shape index (κ2) is 11.2. The predicted octanol–water partition coefficient (Wildman–Crippen LogP) is 5.35. The van der Waals surface area contributed by atoms with Crippen molar-refractivity contribution < 1.29 is 4.79 Å². The molecule has 0 atom stereocenters. The predicted molar refractivity (Wildman–Crippen MR) is 134 cm³/mol. The van der Waals surface area contributed by atoms with Gasteiger partial charge in [0.15, 0.2) is 16.1 Å².